The van der Waals surface area contributed by atoms with Gasteiger partial charge in [-0.05, 0) is 45.1 Å². The first-order valence-corrected chi connectivity index (χ1v) is 12.1. The maximum absolute atomic E-state index is 12.7. The molecular formula is C23H46N4O2. The van der Waals surface area contributed by atoms with Gasteiger partial charge in [0.2, 0.25) is 11.8 Å². The highest BCUT2D eigenvalue weighted by atomic mass is 16.2. The van der Waals surface area contributed by atoms with Crippen LogP contribution in [0.1, 0.15) is 103 Å². The summed E-state index contributed by atoms with van der Waals surface area (Å²) in [7, 11) is 0. The van der Waals surface area contributed by atoms with Gasteiger partial charge in [0.1, 0.15) is 0 Å². The summed E-state index contributed by atoms with van der Waals surface area (Å²) in [5.74, 6) is 0.144. The minimum absolute atomic E-state index is 0.108. The van der Waals surface area contributed by atoms with Crippen molar-refractivity contribution in [2.45, 2.75) is 115 Å². The van der Waals surface area contributed by atoms with Crippen LogP contribution in [0.4, 0.5) is 0 Å². The highest BCUT2D eigenvalue weighted by Gasteiger charge is 2.27. The number of hydrogen-bond donors (Lipinski definition) is 3. The largest absolute Gasteiger partial charge is 0.353 e. The molecule has 170 valence electrons. The summed E-state index contributed by atoms with van der Waals surface area (Å²) in [4.78, 5) is 26.9. The van der Waals surface area contributed by atoms with Crippen molar-refractivity contribution < 1.29 is 9.59 Å². The lowest BCUT2D eigenvalue weighted by atomic mass is 10.0. The van der Waals surface area contributed by atoms with Crippen LogP contribution in [0.2, 0.25) is 0 Å². The Morgan fingerprint density at radius 1 is 1.00 bits per heavy atom. The molecule has 0 bridgehead atoms. The number of nitrogens with two attached hydrogens (primary N) is 2. The highest BCUT2D eigenvalue weighted by molar-refractivity contribution is 5.81. The van der Waals surface area contributed by atoms with E-state index in [4.69, 9.17) is 11.5 Å². The van der Waals surface area contributed by atoms with Crippen LogP contribution in [0.25, 0.3) is 0 Å². The number of nitrogens with zero attached hydrogens (tertiary/aromatic N) is 1. The second-order valence-electron chi connectivity index (χ2n) is 8.60. The first-order valence-electron chi connectivity index (χ1n) is 12.1. The summed E-state index contributed by atoms with van der Waals surface area (Å²) in [6.07, 6.45) is 16.1. The van der Waals surface area contributed by atoms with Crippen LogP contribution in [0.3, 0.4) is 0 Å². The second-order valence-corrected chi connectivity index (χ2v) is 8.60. The van der Waals surface area contributed by atoms with Crippen LogP contribution in [0.15, 0.2) is 0 Å². The lowest BCUT2D eigenvalue weighted by Crippen LogP contribution is -2.51. The van der Waals surface area contributed by atoms with Crippen molar-refractivity contribution >= 4 is 11.8 Å². The monoisotopic (exact) mass is 410 g/mol. The Bertz CT molecular complexity index is 445. The zero-order valence-electron chi connectivity index (χ0n) is 18.8. The number of likely N-dealkylation sites (tertiary alicyclic amines) is 1. The smallest absolute Gasteiger partial charge is 0.236 e. The summed E-state index contributed by atoms with van der Waals surface area (Å²) in [5.41, 5.74) is 11.5. The van der Waals surface area contributed by atoms with E-state index in [1.54, 1.807) is 0 Å². The molecule has 2 atom stereocenters. The molecule has 2 amide bonds. The number of rotatable bonds is 16. The Morgan fingerprint density at radius 2 is 1.69 bits per heavy atom. The van der Waals surface area contributed by atoms with Gasteiger partial charge in [-0.1, -0.05) is 58.3 Å². The topological polar surface area (TPSA) is 101 Å². The maximum Gasteiger partial charge on any atom is 0.236 e. The minimum Gasteiger partial charge on any atom is -0.353 e. The molecule has 1 fully saturated rings. The molecule has 1 heterocycles. The molecule has 29 heavy (non-hydrogen) atoms. The van der Waals surface area contributed by atoms with E-state index < -0.39 is 6.04 Å². The van der Waals surface area contributed by atoms with Gasteiger partial charge in [-0.2, -0.15) is 0 Å². The second kappa shape index (κ2) is 16.6. The molecule has 6 nitrogen and oxygen atoms in total. The fraction of sp³-hybridized carbons (Fsp3) is 0.913. The van der Waals surface area contributed by atoms with Crippen LogP contribution in [0.5, 0.6) is 0 Å². The van der Waals surface area contributed by atoms with Crippen molar-refractivity contribution in [3.8, 4) is 0 Å². The van der Waals surface area contributed by atoms with Crippen LogP contribution in [-0.4, -0.2) is 48.4 Å². The van der Waals surface area contributed by atoms with Crippen molar-refractivity contribution in [2.24, 2.45) is 11.5 Å². The average molecular weight is 411 g/mol. The van der Waals surface area contributed by atoms with E-state index in [-0.39, 0.29) is 17.9 Å². The quantitative estimate of drug-likeness (QED) is 0.339. The first-order chi connectivity index (χ1) is 14.1. The normalized spacial score (nSPS) is 17.9. The van der Waals surface area contributed by atoms with Crippen molar-refractivity contribution in [1.82, 2.24) is 10.2 Å². The predicted octanol–water partition coefficient (Wildman–Crippen LogP) is 3.47. The van der Waals surface area contributed by atoms with Crippen LogP contribution in [-0.2, 0) is 9.59 Å². The fourth-order valence-electron chi connectivity index (χ4n) is 4.08. The molecule has 0 aromatic rings. The summed E-state index contributed by atoms with van der Waals surface area (Å²) in [6.45, 7) is 4.21. The number of carbonyl (C=O) groups excluding carboxylic acids is 2. The minimum atomic E-state index is -0.480. The SMILES string of the molecule is CCCCCCCCCCC(=O)N1CCCCC1CNC(=O)[C@@H](N)CCCCN. The molecule has 0 saturated carbocycles. The summed E-state index contributed by atoms with van der Waals surface area (Å²) in [5, 5.41) is 2.98. The van der Waals surface area contributed by atoms with Crippen LogP contribution >= 0.6 is 0 Å². The maximum atomic E-state index is 12.7. The third-order valence-corrected chi connectivity index (χ3v) is 6.01. The molecule has 1 aliphatic heterocycles. The lowest BCUT2D eigenvalue weighted by molar-refractivity contribution is -0.135. The van der Waals surface area contributed by atoms with Crippen LogP contribution < -0.4 is 16.8 Å². The van der Waals surface area contributed by atoms with Gasteiger partial charge >= 0.3 is 0 Å². The third kappa shape index (κ3) is 11.6. The molecule has 1 aliphatic rings. The number of piperidine rings is 1. The Morgan fingerprint density at radius 3 is 2.38 bits per heavy atom. The molecule has 0 aromatic carbocycles. The van der Waals surface area contributed by atoms with Crippen molar-refractivity contribution in [2.75, 3.05) is 19.6 Å². The van der Waals surface area contributed by atoms with E-state index in [0.717, 1.165) is 51.5 Å². The van der Waals surface area contributed by atoms with Gasteiger partial charge in [0, 0.05) is 25.6 Å². The molecule has 0 radical (unpaired) electrons. The zero-order chi connectivity index (χ0) is 21.3. The Kier molecular flexibility index (Phi) is 14.9. The fourth-order valence-corrected chi connectivity index (χ4v) is 4.08. The molecule has 5 N–H and O–H groups in total. The van der Waals surface area contributed by atoms with E-state index in [1.807, 2.05) is 4.90 Å². The number of hydrogen-bond acceptors (Lipinski definition) is 4. The number of carbonyl (C=O) groups is 2. The zero-order valence-corrected chi connectivity index (χ0v) is 18.8. The molecule has 1 rings (SSSR count). The van der Waals surface area contributed by atoms with E-state index >= 15 is 0 Å². The standard InChI is InChI=1S/C23H46N4O2/c1-2-3-4-5-6-7-8-9-16-22(28)27-18-13-11-14-20(27)19-26-23(29)21(25)15-10-12-17-24/h20-21H,2-19,24-25H2,1H3,(H,26,29)/t20?,21-/m0/s1. The Hall–Kier alpha value is -1.14. The van der Waals surface area contributed by atoms with Gasteiger partial charge in [-0.25, -0.2) is 0 Å². The Labute approximate surface area is 178 Å². The molecule has 0 aliphatic carbocycles. The molecule has 1 unspecified atom stereocenters. The third-order valence-electron chi connectivity index (χ3n) is 6.01. The summed E-state index contributed by atoms with van der Waals surface area (Å²) >= 11 is 0. The van der Waals surface area contributed by atoms with Gasteiger partial charge in [-0.3, -0.25) is 9.59 Å². The summed E-state index contributed by atoms with van der Waals surface area (Å²) < 4.78 is 0. The molecule has 0 spiro atoms. The van der Waals surface area contributed by atoms with Crippen LogP contribution in [0, 0.1) is 0 Å². The van der Waals surface area contributed by atoms with Crippen molar-refractivity contribution in [1.29, 1.82) is 0 Å². The number of amides is 2. The first kappa shape index (κ1) is 25.9. The predicted molar refractivity (Wildman–Crippen MR) is 120 cm³/mol. The molecular weight excluding hydrogens is 364 g/mol. The highest BCUT2D eigenvalue weighted by Crippen LogP contribution is 2.19. The van der Waals surface area contributed by atoms with Gasteiger partial charge in [-0.15, -0.1) is 0 Å². The molecule has 6 heteroatoms. The van der Waals surface area contributed by atoms with E-state index in [2.05, 4.69) is 12.2 Å². The average Bonchev–Trinajstić information content (AvgIpc) is 2.74. The number of nitrogens with one attached hydrogen (secondary N) is 1. The number of unbranched alkanes of at least 4 members (excludes halogenated alkanes) is 8. The van der Waals surface area contributed by atoms with Crippen molar-refractivity contribution in [3.05, 3.63) is 0 Å². The van der Waals surface area contributed by atoms with Gasteiger partial charge in [0.15, 0.2) is 0 Å². The van der Waals surface area contributed by atoms with Crippen molar-refractivity contribution in [3.63, 3.8) is 0 Å². The van der Waals surface area contributed by atoms with E-state index in [1.165, 1.54) is 38.5 Å². The summed E-state index contributed by atoms with van der Waals surface area (Å²) in [6, 6.07) is -0.364. The lowest BCUT2D eigenvalue weighted by Gasteiger charge is -2.36. The molecule has 0 aromatic heterocycles. The Balaban J connectivity index is 2.26. The molecule has 1 saturated heterocycles. The van der Waals surface area contributed by atoms with Gasteiger partial charge in [0.25, 0.3) is 0 Å². The van der Waals surface area contributed by atoms with Gasteiger partial charge < -0.3 is 21.7 Å². The van der Waals surface area contributed by atoms with E-state index in [9.17, 15) is 9.59 Å². The van der Waals surface area contributed by atoms with E-state index in [0.29, 0.717) is 25.9 Å². The van der Waals surface area contributed by atoms with Gasteiger partial charge in [0.05, 0.1) is 6.04 Å².